The number of hydrogen-bond acceptors (Lipinski definition) is 4. The maximum atomic E-state index is 11.5. The predicted molar refractivity (Wildman–Crippen MR) is 68.5 cm³/mol. The topological polar surface area (TPSA) is 87.4 Å². The van der Waals surface area contributed by atoms with E-state index in [2.05, 4.69) is 15.8 Å². The fourth-order valence-corrected chi connectivity index (χ4v) is 1.24. The summed E-state index contributed by atoms with van der Waals surface area (Å²) in [5.74, 6) is 1.09. The van der Waals surface area contributed by atoms with Gasteiger partial charge in [-0.2, -0.15) is 0 Å². The highest BCUT2D eigenvalue weighted by atomic mass is 16.5. The molecule has 0 bridgehead atoms. The highest BCUT2D eigenvalue weighted by Crippen LogP contribution is 2.24. The molecule has 6 nitrogen and oxygen atoms in total. The van der Waals surface area contributed by atoms with Crippen molar-refractivity contribution < 1.29 is 14.4 Å². The van der Waals surface area contributed by atoms with Crippen LogP contribution in [0, 0.1) is 0 Å². The van der Waals surface area contributed by atoms with Crippen molar-refractivity contribution in [3.8, 4) is 0 Å². The van der Waals surface area contributed by atoms with Gasteiger partial charge in [-0.15, -0.1) is 0 Å². The standard InChI is InChI=1S/C12H21N3O3/c1-8(16)5-6-13-11(17)14-10-7-9(18-15-10)12(2,3)4/h7-8,16H,5-6H2,1-4H3,(H2,13,14,15,17). The molecule has 1 atom stereocenters. The van der Waals surface area contributed by atoms with Crippen LogP contribution < -0.4 is 10.6 Å². The summed E-state index contributed by atoms with van der Waals surface area (Å²) in [4.78, 5) is 11.5. The number of rotatable bonds is 4. The lowest BCUT2D eigenvalue weighted by Gasteiger charge is -2.12. The van der Waals surface area contributed by atoms with E-state index in [1.165, 1.54) is 0 Å². The van der Waals surface area contributed by atoms with E-state index in [0.717, 1.165) is 0 Å². The van der Waals surface area contributed by atoms with Crippen LogP contribution in [0.5, 0.6) is 0 Å². The molecular formula is C12H21N3O3. The molecule has 0 aliphatic heterocycles. The Morgan fingerprint density at radius 1 is 1.56 bits per heavy atom. The second kappa shape index (κ2) is 5.86. The van der Waals surface area contributed by atoms with Gasteiger partial charge in [0.25, 0.3) is 0 Å². The van der Waals surface area contributed by atoms with Crippen molar-refractivity contribution in [1.82, 2.24) is 10.5 Å². The van der Waals surface area contributed by atoms with Gasteiger partial charge < -0.3 is 14.9 Å². The first-order valence-electron chi connectivity index (χ1n) is 5.99. The minimum absolute atomic E-state index is 0.143. The van der Waals surface area contributed by atoms with Crippen molar-refractivity contribution in [2.24, 2.45) is 0 Å². The van der Waals surface area contributed by atoms with Crippen molar-refractivity contribution >= 4 is 11.8 Å². The van der Waals surface area contributed by atoms with Crippen LogP contribution in [0.3, 0.4) is 0 Å². The molecule has 0 aromatic carbocycles. The van der Waals surface area contributed by atoms with Crippen molar-refractivity contribution in [2.75, 3.05) is 11.9 Å². The molecule has 0 aliphatic carbocycles. The fourth-order valence-electron chi connectivity index (χ4n) is 1.24. The number of aliphatic hydroxyl groups excluding tert-OH is 1. The number of amides is 2. The van der Waals surface area contributed by atoms with Crippen molar-refractivity contribution in [3.63, 3.8) is 0 Å². The van der Waals surface area contributed by atoms with E-state index in [9.17, 15) is 4.79 Å². The molecule has 102 valence electrons. The molecule has 18 heavy (non-hydrogen) atoms. The molecule has 1 heterocycles. The fraction of sp³-hybridized carbons (Fsp3) is 0.667. The van der Waals surface area contributed by atoms with E-state index in [1.807, 2.05) is 20.8 Å². The van der Waals surface area contributed by atoms with E-state index < -0.39 is 6.10 Å². The Bertz CT molecular complexity index is 394. The number of anilines is 1. The molecule has 6 heteroatoms. The molecule has 1 unspecified atom stereocenters. The van der Waals surface area contributed by atoms with E-state index in [1.54, 1.807) is 13.0 Å². The highest BCUT2D eigenvalue weighted by molar-refractivity contribution is 5.88. The van der Waals surface area contributed by atoms with Crippen LogP contribution in [0.1, 0.15) is 39.9 Å². The first kappa shape index (κ1) is 14.5. The van der Waals surface area contributed by atoms with Crippen LogP contribution in [0.4, 0.5) is 10.6 Å². The van der Waals surface area contributed by atoms with E-state index in [0.29, 0.717) is 24.5 Å². The largest absolute Gasteiger partial charge is 0.393 e. The van der Waals surface area contributed by atoms with Gasteiger partial charge in [0.15, 0.2) is 5.82 Å². The summed E-state index contributed by atoms with van der Waals surface area (Å²) in [5, 5.41) is 18.0. The summed E-state index contributed by atoms with van der Waals surface area (Å²) in [6.07, 6.45) is 0.0873. The number of nitrogens with zero attached hydrogens (tertiary/aromatic N) is 1. The van der Waals surface area contributed by atoms with Gasteiger partial charge in [-0.25, -0.2) is 4.79 Å². The number of hydrogen-bond donors (Lipinski definition) is 3. The zero-order valence-electron chi connectivity index (χ0n) is 11.3. The Kier molecular flexibility index (Phi) is 4.72. The molecule has 2 amide bonds. The summed E-state index contributed by atoms with van der Waals surface area (Å²) in [7, 11) is 0. The van der Waals surface area contributed by atoms with Gasteiger partial charge in [-0.3, -0.25) is 5.32 Å². The summed E-state index contributed by atoms with van der Waals surface area (Å²) in [6, 6.07) is 1.35. The van der Waals surface area contributed by atoms with Crippen LogP contribution in [-0.2, 0) is 5.41 Å². The monoisotopic (exact) mass is 255 g/mol. The molecule has 0 saturated carbocycles. The molecule has 1 rings (SSSR count). The Morgan fingerprint density at radius 3 is 2.72 bits per heavy atom. The number of aromatic nitrogens is 1. The van der Waals surface area contributed by atoms with Crippen molar-refractivity contribution in [1.29, 1.82) is 0 Å². The minimum atomic E-state index is -0.426. The first-order valence-corrected chi connectivity index (χ1v) is 5.99. The highest BCUT2D eigenvalue weighted by Gasteiger charge is 2.20. The van der Waals surface area contributed by atoms with Gasteiger partial charge >= 0.3 is 6.03 Å². The number of carbonyl (C=O) groups excluding carboxylic acids is 1. The Morgan fingerprint density at radius 2 is 2.22 bits per heavy atom. The minimum Gasteiger partial charge on any atom is -0.393 e. The number of nitrogens with one attached hydrogen (secondary N) is 2. The van der Waals surface area contributed by atoms with Gasteiger partial charge in [0.05, 0.1) is 6.10 Å². The third-order valence-electron chi connectivity index (χ3n) is 2.34. The molecule has 1 aromatic heterocycles. The number of urea groups is 1. The van der Waals surface area contributed by atoms with Crippen molar-refractivity contribution in [2.45, 2.75) is 45.6 Å². The molecule has 0 saturated heterocycles. The van der Waals surface area contributed by atoms with Gasteiger partial charge in [-0.05, 0) is 13.3 Å². The second-order valence-corrected chi connectivity index (χ2v) is 5.35. The average molecular weight is 255 g/mol. The molecule has 0 radical (unpaired) electrons. The summed E-state index contributed by atoms with van der Waals surface area (Å²) in [6.45, 7) is 8.08. The van der Waals surface area contributed by atoms with Gasteiger partial charge in [-0.1, -0.05) is 25.9 Å². The maximum absolute atomic E-state index is 11.5. The molecule has 0 spiro atoms. The van der Waals surface area contributed by atoms with Gasteiger partial charge in [0, 0.05) is 18.0 Å². The lowest BCUT2D eigenvalue weighted by molar-refractivity contribution is 0.184. The van der Waals surface area contributed by atoms with Crippen LogP contribution in [-0.4, -0.2) is 28.9 Å². The van der Waals surface area contributed by atoms with Crippen LogP contribution in [0.25, 0.3) is 0 Å². The summed E-state index contributed by atoms with van der Waals surface area (Å²) >= 11 is 0. The maximum Gasteiger partial charge on any atom is 0.320 e. The van der Waals surface area contributed by atoms with E-state index >= 15 is 0 Å². The quantitative estimate of drug-likeness (QED) is 0.766. The van der Waals surface area contributed by atoms with E-state index in [-0.39, 0.29) is 11.4 Å². The summed E-state index contributed by atoms with van der Waals surface area (Å²) < 4.78 is 5.14. The molecule has 3 N–H and O–H groups in total. The van der Waals surface area contributed by atoms with Crippen LogP contribution in [0.2, 0.25) is 0 Å². The normalized spacial score (nSPS) is 13.2. The summed E-state index contributed by atoms with van der Waals surface area (Å²) in [5.41, 5.74) is -0.143. The van der Waals surface area contributed by atoms with Crippen LogP contribution >= 0.6 is 0 Å². The molecule has 1 aromatic rings. The Labute approximate surface area is 107 Å². The molecule has 0 aliphatic rings. The number of aliphatic hydroxyl groups is 1. The predicted octanol–water partition coefficient (Wildman–Crippen LogP) is 1.86. The zero-order valence-corrected chi connectivity index (χ0v) is 11.3. The molecular weight excluding hydrogens is 234 g/mol. The Balaban J connectivity index is 2.43. The zero-order chi connectivity index (χ0) is 13.8. The first-order chi connectivity index (χ1) is 8.29. The van der Waals surface area contributed by atoms with E-state index in [4.69, 9.17) is 9.63 Å². The third kappa shape index (κ3) is 4.75. The average Bonchev–Trinajstić information content (AvgIpc) is 2.64. The third-order valence-corrected chi connectivity index (χ3v) is 2.34. The smallest absolute Gasteiger partial charge is 0.320 e. The Hall–Kier alpha value is -1.56. The second-order valence-electron chi connectivity index (χ2n) is 5.35. The lowest BCUT2D eigenvalue weighted by Crippen LogP contribution is -2.31. The molecule has 0 fully saturated rings. The number of carbonyl (C=O) groups is 1. The van der Waals surface area contributed by atoms with Gasteiger partial charge in [0.1, 0.15) is 5.76 Å². The van der Waals surface area contributed by atoms with Crippen LogP contribution in [0.15, 0.2) is 10.6 Å². The van der Waals surface area contributed by atoms with Gasteiger partial charge in [0.2, 0.25) is 0 Å². The lowest BCUT2D eigenvalue weighted by atomic mass is 9.93. The SMILES string of the molecule is CC(O)CCNC(=O)Nc1cc(C(C)(C)C)on1. The van der Waals surface area contributed by atoms with Crippen molar-refractivity contribution in [3.05, 3.63) is 11.8 Å².